The van der Waals surface area contributed by atoms with Crippen LogP contribution in [0, 0.1) is 5.82 Å². The maximum absolute atomic E-state index is 12.8. The zero-order chi connectivity index (χ0) is 20.6. The fourth-order valence-electron chi connectivity index (χ4n) is 2.68. The number of carbonyl (C=O) groups excluding carboxylic acids is 1. The van der Waals surface area contributed by atoms with Crippen LogP contribution in [0.1, 0.15) is 25.0 Å². The number of halogens is 1. The molecule has 5 nitrogen and oxygen atoms in total. The van der Waals surface area contributed by atoms with Crippen molar-refractivity contribution in [3.05, 3.63) is 71.6 Å². The molecule has 0 atom stereocenters. The second kappa shape index (κ2) is 10.1. The highest BCUT2D eigenvalue weighted by Gasteiger charge is 2.20. The van der Waals surface area contributed by atoms with Crippen LogP contribution in [0.15, 0.2) is 59.5 Å². The second-order valence-electron chi connectivity index (χ2n) is 6.16. The molecular formula is C21H25FN2O3S. The van der Waals surface area contributed by atoms with Crippen molar-refractivity contribution in [1.82, 2.24) is 9.62 Å². The molecule has 0 heterocycles. The van der Waals surface area contributed by atoms with Gasteiger partial charge in [0.25, 0.3) is 0 Å². The number of rotatable bonds is 9. The molecule has 2 aromatic carbocycles. The highest BCUT2D eigenvalue weighted by molar-refractivity contribution is 7.89. The van der Waals surface area contributed by atoms with Crippen molar-refractivity contribution in [2.75, 3.05) is 19.6 Å². The zero-order valence-electron chi connectivity index (χ0n) is 16.1. The fourth-order valence-corrected chi connectivity index (χ4v) is 4.13. The van der Waals surface area contributed by atoms with Gasteiger partial charge in [0, 0.05) is 25.7 Å². The Hall–Kier alpha value is -2.51. The lowest BCUT2D eigenvalue weighted by Crippen LogP contribution is -2.30. The van der Waals surface area contributed by atoms with Crippen molar-refractivity contribution < 1.29 is 17.6 Å². The van der Waals surface area contributed by atoms with E-state index in [-0.39, 0.29) is 16.6 Å². The van der Waals surface area contributed by atoms with Crippen LogP contribution in [0.2, 0.25) is 0 Å². The lowest BCUT2D eigenvalue weighted by molar-refractivity contribution is -0.116. The van der Waals surface area contributed by atoms with Gasteiger partial charge in [-0.25, -0.2) is 12.8 Å². The van der Waals surface area contributed by atoms with Crippen LogP contribution in [-0.2, 0) is 21.2 Å². The fraction of sp³-hybridized carbons (Fsp3) is 0.286. The molecule has 2 rings (SSSR count). The smallest absolute Gasteiger partial charge is 0.244 e. The Morgan fingerprint density at radius 1 is 1.04 bits per heavy atom. The summed E-state index contributed by atoms with van der Waals surface area (Å²) in [4.78, 5) is 12.1. The van der Waals surface area contributed by atoms with Gasteiger partial charge in [-0.1, -0.05) is 38.1 Å². The molecule has 0 radical (unpaired) electrons. The van der Waals surface area contributed by atoms with E-state index >= 15 is 0 Å². The SMILES string of the molecule is CCN(CC)S(=O)(=O)c1ccc(/C=C/C(=O)NCCc2ccc(F)cc2)cc1. The lowest BCUT2D eigenvalue weighted by atomic mass is 10.1. The van der Waals surface area contributed by atoms with E-state index in [9.17, 15) is 17.6 Å². The Balaban J connectivity index is 1.89. The Morgan fingerprint density at radius 3 is 2.21 bits per heavy atom. The van der Waals surface area contributed by atoms with E-state index < -0.39 is 10.0 Å². The molecule has 0 bridgehead atoms. The topological polar surface area (TPSA) is 66.5 Å². The minimum absolute atomic E-state index is 0.233. The zero-order valence-corrected chi connectivity index (χ0v) is 16.9. The summed E-state index contributed by atoms with van der Waals surface area (Å²) in [6, 6.07) is 12.6. The van der Waals surface area contributed by atoms with E-state index in [1.807, 2.05) is 0 Å². The molecule has 0 unspecified atom stereocenters. The molecule has 2 aromatic rings. The molecule has 28 heavy (non-hydrogen) atoms. The summed E-state index contributed by atoms with van der Waals surface area (Å²) in [7, 11) is -3.48. The van der Waals surface area contributed by atoms with Crippen LogP contribution in [0.5, 0.6) is 0 Å². The molecule has 1 N–H and O–H groups in total. The number of carbonyl (C=O) groups is 1. The first-order valence-electron chi connectivity index (χ1n) is 9.17. The molecule has 1 amide bonds. The van der Waals surface area contributed by atoms with Crippen LogP contribution >= 0.6 is 0 Å². The number of benzene rings is 2. The van der Waals surface area contributed by atoms with E-state index in [2.05, 4.69) is 5.32 Å². The van der Waals surface area contributed by atoms with Crippen molar-refractivity contribution in [2.45, 2.75) is 25.2 Å². The van der Waals surface area contributed by atoms with Crippen molar-refractivity contribution in [2.24, 2.45) is 0 Å². The van der Waals surface area contributed by atoms with Gasteiger partial charge >= 0.3 is 0 Å². The van der Waals surface area contributed by atoms with Crippen LogP contribution in [0.3, 0.4) is 0 Å². The summed E-state index contributed by atoms with van der Waals surface area (Å²) in [5.41, 5.74) is 1.67. The van der Waals surface area contributed by atoms with E-state index in [4.69, 9.17) is 0 Å². The predicted molar refractivity (Wildman–Crippen MR) is 109 cm³/mol. The van der Waals surface area contributed by atoms with Crippen molar-refractivity contribution >= 4 is 22.0 Å². The Morgan fingerprint density at radius 2 is 1.64 bits per heavy atom. The molecule has 0 aliphatic heterocycles. The third-order valence-electron chi connectivity index (χ3n) is 4.28. The van der Waals surface area contributed by atoms with E-state index in [0.29, 0.717) is 26.1 Å². The third kappa shape index (κ3) is 6.00. The van der Waals surface area contributed by atoms with Gasteiger partial charge < -0.3 is 5.32 Å². The largest absolute Gasteiger partial charge is 0.352 e. The average molecular weight is 405 g/mol. The Kier molecular flexibility index (Phi) is 7.90. The molecule has 150 valence electrons. The molecule has 0 aromatic heterocycles. The van der Waals surface area contributed by atoms with Crippen LogP contribution < -0.4 is 5.32 Å². The standard InChI is InChI=1S/C21H25FN2O3S/c1-3-24(4-2)28(26,27)20-12-7-17(8-13-20)9-14-21(25)23-16-15-18-5-10-19(22)11-6-18/h5-14H,3-4,15-16H2,1-2H3,(H,23,25)/b14-9+. The minimum atomic E-state index is -3.48. The summed E-state index contributed by atoms with van der Waals surface area (Å²) in [5, 5.41) is 2.76. The molecule has 0 fully saturated rings. The van der Waals surface area contributed by atoms with Crippen LogP contribution in [0.4, 0.5) is 4.39 Å². The first-order valence-corrected chi connectivity index (χ1v) is 10.6. The highest BCUT2D eigenvalue weighted by atomic mass is 32.2. The third-order valence-corrected chi connectivity index (χ3v) is 6.34. The first-order chi connectivity index (χ1) is 13.4. The molecule has 0 spiro atoms. The Bertz CT molecular complexity index is 904. The monoisotopic (exact) mass is 404 g/mol. The molecule has 0 saturated heterocycles. The van der Waals surface area contributed by atoms with E-state index in [1.165, 1.54) is 22.5 Å². The van der Waals surface area contributed by atoms with Crippen molar-refractivity contribution in [3.8, 4) is 0 Å². The number of hydrogen-bond acceptors (Lipinski definition) is 3. The highest BCUT2D eigenvalue weighted by Crippen LogP contribution is 2.16. The van der Waals surface area contributed by atoms with Gasteiger partial charge in [0.1, 0.15) is 5.82 Å². The molecule has 7 heteroatoms. The number of sulfonamides is 1. The Labute approximate surface area is 165 Å². The van der Waals surface area contributed by atoms with Crippen molar-refractivity contribution in [1.29, 1.82) is 0 Å². The minimum Gasteiger partial charge on any atom is -0.352 e. The van der Waals surface area contributed by atoms with Crippen LogP contribution in [0.25, 0.3) is 6.08 Å². The van der Waals surface area contributed by atoms with Gasteiger partial charge in [0.15, 0.2) is 0 Å². The summed E-state index contributed by atoms with van der Waals surface area (Å²) >= 11 is 0. The molecule has 0 aliphatic carbocycles. The maximum Gasteiger partial charge on any atom is 0.244 e. The summed E-state index contributed by atoms with van der Waals surface area (Å²) in [6.07, 6.45) is 3.64. The summed E-state index contributed by atoms with van der Waals surface area (Å²) in [6.45, 7) is 4.87. The van der Waals surface area contributed by atoms with Gasteiger partial charge in [0.05, 0.1) is 4.90 Å². The quantitative estimate of drug-likeness (QED) is 0.653. The van der Waals surface area contributed by atoms with E-state index in [0.717, 1.165) is 11.1 Å². The van der Waals surface area contributed by atoms with Crippen molar-refractivity contribution in [3.63, 3.8) is 0 Å². The van der Waals surface area contributed by atoms with Gasteiger partial charge in [-0.3, -0.25) is 4.79 Å². The van der Waals surface area contributed by atoms with Gasteiger partial charge in [-0.15, -0.1) is 0 Å². The number of hydrogen-bond donors (Lipinski definition) is 1. The molecular weight excluding hydrogens is 379 g/mol. The normalized spacial score (nSPS) is 11.9. The average Bonchev–Trinajstić information content (AvgIpc) is 2.69. The first kappa shape index (κ1) is 21.8. The summed E-state index contributed by atoms with van der Waals surface area (Å²) < 4.78 is 39.1. The predicted octanol–water partition coefficient (Wildman–Crippen LogP) is 3.23. The molecule has 0 aliphatic rings. The number of nitrogens with one attached hydrogen (secondary N) is 1. The number of nitrogens with zero attached hydrogens (tertiary/aromatic N) is 1. The van der Waals surface area contributed by atoms with E-state index in [1.54, 1.807) is 56.3 Å². The summed E-state index contributed by atoms with van der Waals surface area (Å²) in [5.74, 6) is -0.534. The maximum atomic E-state index is 12.8. The van der Waals surface area contributed by atoms with Gasteiger partial charge in [-0.05, 0) is 47.9 Å². The van der Waals surface area contributed by atoms with Gasteiger partial charge in [-0.2, -0.15) is 4.31 Å². The van der Waals surface area contributed by atoms with Gasteiger partial charge in [0.2, 0.25) is 15.9 Å². The molecule has 0 saturated carbocycles. The number of amides is 1. The lowest BCUT2D eigenvalue weighted by Gasteiger charge is -2.18. The van der Waals surface area contributed by atoms with Crippen LogP contribution in [-0.4, -0.2) is 38.3 Å². The second-order valence-corrected chi connectivity index (χ2v) is 8.10.